The lowest BCUT2D eigenvalue weighted by Gasteiger charge is -2.34. The van der Waals surface area contributed by atoms with Gasteiger partial charge in [-0.3, -0.25) is 4.79 Å². The Hall–Kier alpha value is -1.56. The number of benzene rings is 1. The molecule has 0 atom stereocenters. The molecule has 1 amide bonds. The maximum absolute atomic E-state index is 12.3. The highest BCUT2D eigenvalue weighted by Gasteiger charge is 2.27. The fraction of sp³-hybridized carbons (Fsp3) is 0.462. The summed E-state index contributed by atoms with van der Waals surface area (Å²) in [6.07, 6.45) is 4.24. The van der Waals surface area contributed by atoms with E-state index in [2.05, 4.69) is 0 Å². The third kappa shape index (κ3) is 2.89. The molecule has 19 heavy (non-hydrogen) atoms. The minimum Gasteiger partial charge on any atom is -0.399 e. The molecule has 0 radical (unpaired) electrons. The molecule has 5 nitrogen and oxygen atoms in total. The first-order valence-corrected chi connectivity index (χ1v) is 8.06. The first-order chi connectivity index (χ1) is 8.79. The fourth-order valence-corrected chi connectivity index (χ4v) is 2.79. The quantitative estimate of drug-likeness (QED) is 0.847. The molecule has 104 valence electrons. The average Bonchev–Trinajstić information content (AvgIpc) is 2.23. The maximum atomic E-state index is 12.3. The molecular weight excluding hydrogens is 264 g/mol. The molecule has 0 aliphatic heterocycles. The first kappa shape index (κ1) is 13.9. The lowest BCUT2D eigenvalue weighted by molar-refractivity contribution is 0.0652. The zero-order chi connectivity index (χ0) is 14.2. The van der Waals surface area contributed by atoms with Gasteiger partial charge in [0.1, 0.15) is 0 Å². The number of nitrogens with zero attached hydrogens (tertiary/aromatic N) is 1. The van der Waals surface area contributed by atoms with E-state index < -0.39 is 9.84 Å². The fourth-order valence-electron chi connectivity index (χ4n) is 2.10. The van der Waals surface area contributed by atoms with E-state index in [4.69, 9.17) is 5.73 Å². The van der Waals surface area contributed by atoms with Crippen molar-refractivity contribution in [3.63, 3.8) is 0 Å². The van der Waals surface area contributed by atoms with Gasteiger partial charge in [0.25, 0.3) is 5.91 Å². The Bertz CT molecular complexity index is 606. The van der Waals surface area contributed by atoms with Crippen LogP contribution in [0.1, 0.15) is 29.6 Å². The summed E-state index contributed by atoms with van der Waals surface area (Å²) in [5.41, 5.74) is 6.30. The van der Waals surface area contributed by atoms with E-state index in [1.807, 2.05) is 0 Å². The van der Waals surface area contributed by atoms with Crippen molar-refractivity contribution >= 4 is 21.4 Å². The predicted octanol–water partition coefficient (Wildman–Crippen LogP) is 1.30. The van der Waals surface area contributed by atoms with Crippen LogP contribution in [-0.4, -0.2) is 38.6 Å². The van der Waals surface area contributed by atoms with Gasteiger partial charge in [0.05, 0.1) is 4.90 Å². The highest BCUT2D eigenvalue weighted by Crippen LogP contribution is 2.26. The van der Waals surface area contributed by atoms with Gasteiger partial charge in [-0.05, 0) is 37.5 Å². The van der Waals surface area contributed by atoms with Crippen molar-refractivity contribution in [2.75, 3.05) is 19.0 Å². The molecule has 0 unspecified atom stereocenters. The second-order valence-electron chi connectivity index (χ2n) is 5.06. The van der Waals surface area contributed by atoms with Crippen LogP contribution in [-0.2, 0) is 9.84 Å². The van der Waals surface area contributed by atoms with Crippen LogP contribution in [0.5, 0.6) is 0 Å². The van der Waals surface area contributed by atoms with E-state index in [1.54, 1.807) is 11.9 Å². The van der Waals surface area contributed by atoms with E-state index in [-0.39, 0.29) is 22.5 Å². The second-order valence-corrected chi connectivity index (χ2v) is 7.08. The maximum Gasteiger partial charge on any atom is 0.253 e. The van der Waals surface area contributed by atoms with E-state index in [0.29, 0.717) is 5.56 Å². The summed E-state index contributed by atoms with van der Waals surface area (Å²) in [7, 11) is -1.62. The van der Waals surface area contributed by atoms with Crippen molar-refractivity contribution in [2.45, 2.75) is 30.2 Å². The molecule has 1 aliphatic rings. The lowest BCUT2D eigenvalue weighted by atomic mass is 9.91. The van der Waals surface area contributed by atoms with Gasteiger partial charge in [-0.1, -0.05) is 0 Å². The Morgan fingerprint density at radius 3 is 2.42 bits per heavy atom. The van der Waals surface area contributed by atoms with Crippen LogP contribution in [0.3, 0.4) is 0 Å². The molecule has 0 heterocycles. The van der Waals surface area contributed by atoms with E-state index >= 15 is 0 Å². The number of carbonyl (C=O) groups excluding carboxylic acids is 1. The molecule has 1 aromatic rings. The summed E-state index contributed by atoms with van der Waals surface area (Å²) >= 11 is 0. The van der Waals surface area contributed by atoms with E-state index in [9.17, 15) is 13.2 Å². The van der Waals surface area contributed by atoms with Gasteiger partial charge in [0, 0.05) is 30.6 Å². The summed E-state index contributed by atoms with van der Waals surface area (Å²) in [5, 5.41) is 0. The number of hydrogen-bond donors (Lipinski definition) is 1. The summed E-state index contributed by atoms with van der Waals surface area (Å²) in [6, 6.07) is 4.54. The minimum atomic E-state index is -3.37. The predicted molar refractivity (Wildman–Crippen MR) is 73.7 cm³/mol. The highest BCUT2D eigenvalue weighted by atomic mass is 32.2. The molecule has 0 aromatic heterocycles. The molecule has 1 aliphatic carbocycles. The summed E-state index contributed by atoms with van der Waals surface area (Å²) in [6.45, 7) is 0. The Labute approximate surface area is 113 Å². The number of sulfone groups is 1. The SMILES string of the molecule is CN(C(=O)c1cc(N)cc(S(C)(=O)=O)c1)C1CCC1. The van der Waals surface area contributed by atoms with Gasteiger partial charge in [0.15, 0.2) is 9.84 Å². The molecule has 2 N–H and O–H groups in total. The van der Waals surface area contributed by atoms with Crippen molar-refractivity contribution in [1.82, 2.24) is 4.90 Å². The number of rotatable bonds is 3. The zero-order valence-electron chi connectivity index (χ0n) is 11.1. The van der Waals surface area contributed by atoms with Crippen LogP contribution in [0.4, 0.5) is 5.69 Å². The average molecular weight is 282 g/mol. The van der Waals surface area contributed by atoms with Crippen LogP contribution >= 0.6 is 0 Å². The third-order valence-corrected chi connectivity index (χ3v) is 4.64. The smallest absolute Gasteiger partial charge is 0.253 e. The van der Waals surface area contributed by atoms with Crippen molar-refractivity contribution in [3.05, 3.63) is 23.8 Å². The number of nitrogens with two attached hydrogens (primary N) is 1. The van der Waals surface area contributed by atoms with Gasteiger partial charge < -0.3 is 10.6 Å². The van der Waals surface area contributed by atoms with Crippen LogP contribution in [0, 0.1) is 0 Å². The molecule has 0 spiro atoms. The Kier molecular flexibility index (Phi) is 3.54. The van der Waals surface area contributed by atoms with Crippen LogP contribution in [0.15, 0.2) is 23.1 Å². The van der Waals surface area contributed by atoms with Crippen LogP contribution in [0.2, 0.25) is 0 Å². The minimum absolute atomic E-state index is 0.0814. The number of anilines is 1. The topological polar surface area (TPSA) is 80.5 Å². The molecule has 0 bridgehead atoms. The van der Waals surface area contributed by atoms with Crippen molar-refractivity contribution in [1.29, 1.82) is 0 Å². The third-order valence-electron chi connectivity index (χ3n) is 3.55. The van der Waals surface area contributed by atoms with Gasteiger partial charge in [-0.2, -0.15) is 0 Å². The Morgan fingerprint density at radius 1 is 1.32 bits per heavy atom. The van der Waals surface area contributed by atoms with Crippen LogP contribution < -0.4 is 5.73 Å². The van der Waals surface area contributed by atoms with Crippen molar-refractivity contribution in [2.24, 2.45) is 0 Å². The van der Waals surface area contributed by atoms with Gasteiger partial charge in [0.2, 0.25) is 0 Å². The molecule has 2 rings (SSSR count). The molecular formula is C13H18N2O3S. The van der Waals surface area contributed by atoms with Crippen LogP contribution in [0.25, 0.3) is 0 Å². The molecule has 1 fully saturated rings. The molecule has 0 saturated heterocycles. The monoisotopic (exact) mass is 282 g/mol. The molecule has 1 aromatic carbocycles. The first-order valence-electron chi connectivity index (χ1n) is 6.17. The van der Waals surface area contributed by atoms with E-state index in [1.165, 1.54) is 18.2 Å². The normalized spacial score (nSPS) is 15.9. The number of nitrogen functional groups attached to an aromatic ring is 1. The van der Waals surface area contributed by atoms with Gasteiger partial charge in [-0.25, -0.2) is 8.42 Å². The van der Waals surface area contributed by atoms with Gasteiger partial charge in [-0.15, -0.1) is 0 Å². The Balaban J connectivity index is 2.34. The zero-order valence-corrected chi connectivity index (χ0v) is 11.9. The summed E-state index contributed by atoms with van der Waals surface area (Å²) in [5.74, 6) is -0.179. The number of carbonyl (C=O) groups is 1. The van der Waals surface area contributed by atoms with Gasteiger partial charge >= 0.3 is 0 Å². The van der Waals surface area contributed by atoms with E-state index in [0.717, 1.165) is 25.5 Å². The summed E-state index contributed by atoms with van der Waals surface area (Å²) < 4.78 is 23.1. The molecule has 6 heteroatoms. The number of amides is 1. The second kappa shape index (κ2) is 4.85. The number of hydrogen-bond acceptors (Lipinski definition) is 4. The Morgan fingerprint density at radius 2 is 1.95 bits per heavy atom. The standard InChI is InChI=1S/C13H18N2O3S/c1-15(11-4-3-5-11)13(16)9-6-10(14)8-12(7-9)19(2,17)18/h6-8,11H,3-5,14H2,1-2H3. The highest BCUT2D eigenvalue weighted by molar-refractivity contribution is 7.90. The van der Waals surface area contributed by atoms with Crippen molar-refractivity contribution in [3.8, 4) is 0 Å². The lowest BCUT2D eigenvalue weighted by Crippen LogP contribution is -2.41. The van der Waals surface area contributed by atoms with Crippen molar-refractivity contribution < 1.29 is 13.2 Å². The largest absolute Gasteiger partial charge is 0.399 e. The molecule has 1 saturated carbocycles. The summed E-state index contributed by atoms with van der Waals surface area (Å²) in [4.78, 5) is 14.0.